The van der Waals surface area contributed by atoms with Gasteiger partial charge in [0.05, 0.1) is 15.9 Å². The van der Waals surface area contributed by atoms with E-state index >= 15 is 0 Å². The molecular weight excluding hydrogens is 326 g/mol. The highest BCUT2D eigenvalue weighted by molar-refractivity contribution is 9.10. The van der Waals surface area contributed by atoms with E-state index in [-0.39, 0.29) is 0 Å². The van der Waals surface area contributed by atoms with Crippen molar-refractivity contribution in [3.8, 4) is 0 Å². The van der Waals surface area contributed by atoms with Crippen LogP contribution in [0.1, 0.15) is 65.8 Å². The summed E-state index contributed by atoms with van der Waals surface area (Å²) in [6.07, 6.45) is 3.40. The van der Waals surface area contributed by atoms with E-state index in [2.05, 4.69) is 67.1 Å². The van der Waals surface area contributed by atoms with Crippen LogP contribution in [0.2, 0.25) is 0 Å². The molecule has 0 amide bonds. The third-order valence-electron chi connectivity index (χ3n) is 4.11. The molecule has 1 aromatic heterocycles. The van der Waals surface area contributed by atoms with Gasteiger partial charge in [-0.1, -0.05) is 34.6 Å². The maximum absolute atomic E-state index is 4.73. The monoisotopic (exact) mass is 357 g/mol. The van der Waals surface area contributed by atoms with E-state index in [1.165, 1.54) is 28.7 Å². The van der Waals surface area contributed by atoms with Crippen molar-refractivity contribution < 1.29 is 0 Å². The lowest BCUT2D eigenvalue weighted by Gasteiger charge is -2.32. The number of hydrogen-bond donors (Lipinski definition) is 0. The van der Waals surface area contributed by atoms with Crippen LogP contribution in [0.4, 0.5) is 0 Å². The number of aryl methyl sites for hydroxylation is 2. The highest BCUT2D eigenvalue weighted by atomic mass is 79.9. The van der Waals surface area contributed by atoms with Gasteiger partial charge >= 0.3 is 0 Å². The van der Waals surface area contributed by atoms with Crippen molar-refractivity contribution in [3.63, 3.8) is 0 Å². The lowest BCUT2D eigenvalue weighted by molar-refractivity contribution is 0.153. The highest BCUT2D eigenvalue weighted by Crippen LogP contribution is 2.25. The minimum Gasteiger partial charge on any atom is -0.294 e. The topological polar surface area (TPSA) is 21.1 Å². The predicted octanol–water partition coefficient (Wildman–Crippen LogP) is 4.87. The Hall–Kier alpha value is -0.350. The molecule has 0 aromatic carbocycles. The minimum absolute atomic E-state index is 0.657. The first-order valence-electron chi connectivity index (χ1n) is 8.46. The third kappa shape index (κ3) is 4.82. The van der Waals surface area contributed by atoms with Crippen molar-refractivity contribution in [3.05, 3.63) is 15.9 Å². The SMILES string of the molecule is CCc1nn(CC)c(CN(CC(C)C)C(CC)CC)c1Br. The molecular formula is C17H32BrN3. The van der Waals surface area contributed by atoms with E-state index in [1.807, 2.05) is 0 Å². The summed E-state index contributed by atoms with van der Waals surface area (Å²) >= 11 is 3.78. The molecule has 0 bridgehead atoms. The molecule has 0 saturated heterocycles. The van der Waals surface area contributed by atoms with Gasteiger partial charge in [-0.25, -0.2) is 0 Å². The van der Waals surface area contributed by atoms with E-state index in [9.17, 15) is 0 Å². The molecule has 0 atom stereocenters. The van der Waals surface area contributed by atoms with Crippen LogP contribution in [0.3, 0.4) is 0 Å². The van der Waals surface area contributed by atoms with Gasteiger partial charge in [-0.2, -0.15) is 5.10 Å². The Morgan fingerprint density at radius 1 is 1.14 bits per heavy atom. The van der Waals surface area contributed by atoms with Crippen molar-refractivity contribution in [1.29, 1.82) is 0 Å². The van der Waals surface area contributed by atoms with Crippen molar-refractivity contribution in [2.24, 2.45) is 5.92 Å². The summed E-state index contributed by atoms with van der Waals surface area (Å²) in [4.78, 5) is 2.64. The second-order valence-electron chi connectivity index (χ2n) is 6.17. The molecule has 0 spiro atoms. The van der Waals surface area contributed by atoms with Gasteiger partial charge in [-0.05, 0) is 48.0 Å². The quantitative estimate of drug-likeness (QED) is 0.628. The van der Waals surface area contributed by atoms with Crippen LogP contribution in [-0.4, -0.2) is 27.3 Å². The van der Waals surface area contributed by atoms with E-state index in [1.54, 1.807) is 0 Å². The number of hydrogen-bond acceptors (Lipinski definition) is 2. The summed E-state index contributed by atoms with van der Waals surface area (Å²) in [5, 5.41) is 4.73. The molecule has 1 rings (SSSR count). The summed E-state index contributed by atoms with van der Waals surface area (Å²) in [7, 11) is 0. The van der Waals surface area contributed by atoms with Crippen LogP contribution in [0.5, 0.6) is 0 Å². The Balaban J connectivity index is 3.04. The molecule has 1 aromatic rings. The summed E-state index contributed by atoms with van der Waals surface area (Å²) in [5.74, 6) is 0.688. The number of aromatic nitrogens is 2. The second kappa shape index (κ2) is 8.94. The molecule has 0 aliphatic heterocycles. The smallest absolute Gasteiger partial charge is 0.0767 e. The molecule has 0 aliphatic carbocycles. The van der Waals surface area contributed by atoms with Gasteiger partial charge in [0.15, 0.2) is 0 Å². The normalized spacial score (nSPS) is 12.1. The average molecular weight is 358 g/mol. The molecule has 0 unspecified atom stereocenters. The zero-order chi connectivity index (χ0) is 16.0. The van der Waals surface area contributed by atoms with Crippen molar-refractivity contribution in [2.45, 2.75) is 79.9 Å². The number of rotatable bonds is 9. The van der Waals surface area contributed by atoms with Crippen LogP contribution < -0.4 is 0 Å². The third-order valence-corrected chi connectivity index (χ3v) is 5.02. The molecule has 3 nitrogen and oxygen atoms in total. The van der Waals surface area contributed by atoms with Crippen LogP contribution in [-0.2, 0) is 19.5 Å². The number of nitrogens with zero attached hydrogens (tertiary/aromatic N) is 3. The van der Waals surface area contributed by atoms with Gasteiger partial charge in [-0.15, -0.1) is 0 Å². The molecule has 0 N–H and O–H groups in total. The van der Waals surface area contributed by atoms with E-state index < -0.39 is 0 Å². The first-order chi connectivity index (χ1) is 9.98. The van der Waals surface area contributed by atoms with Gasteiger partial charge in [0.25, 0.3) is 0 Å². The Bertz CT molecular complexity index is 422. The summed E-state index contributed by atoms with van der Waals surface area (Å²) < 4.78 is 3.38. The zero-order valence-electron chi connectivity index (χ0n) is 14.6. The highest BCUT2D eigenvalue weighted by Gasteiger charge is 2.21. The first kappa shape index (κ1) is 18.7. The fourth-order valence-electron chi connectivity index (χ4n) is 2.98. The lowest BCUT2D eigenvalue weighted by Crippen LogP contribution is -2.37. The number of halogens is 1. The average Bonchev–Trinajstić information content (AvgIpc) is 2.76. The lowest BCUT2D eigenvalue weighted by atomic mass is 10.1. The summed E-state index contributed by atoms with van der Waals surface area (Å²) in [5.41, 5.74) is 2.52. The first-order valence-corrected chi connectivity index (χ1v) is 9.25. The van der Waals surface area contributed by atoms with Gasteiger partial charge < -0.3 is 0 Å². The predicted molar refractivity (Wildman–Crippen MR) is 94.6 cm³/mol. The summed E-state index contributed by atoms with van der Waals surface area (Å²) in [6.45, 7) is 16.6. The molecule has 0 fully saturated rings. The molecule has 21 heavy (non-hydrogen) atoms. The maximum atomic E-state index is 4.73. The van der Waals surface area contributed by atoms with E-state index in [4.69, 9.17) is 5.10 Å². The standard InChI is InChI=1S/C17H32BrN3/c1-7-14(8-2)20(11-13(5)6)12-16-17(18)15(9-3)19-21(16)10-4/h13-14H,7-12H2,1-6H3. The maximum Gasteiger partial charge on any atom is 0.0767 e. The van der Waals surface area contributed by atoms with Gasteiger partial charge in [0.1, 0.15) is 0 Å². The Labute approximate surface area is 139 Å². The van der Waals surface area contributed by atoms with Gasteiger partial charge in [0, 0.05) is 25.7 Å². The van der Waals surface area contributed by atoms with Crippen molar-refractivity contribution in [1.82, 2.24) is 14.7 Å². The molecule has 122 valence electrons. The molecule has 0 aliphatic rings. The second-order valence-corrected chi connectivity index (χ2v) is 6.96. The molecule has 4 heteroatoms. The van der Waals surface area contributed by atoms with Gasteiger partial charge in [0.2, 0.25) is 0 Å². The molecule has 1 heterocycles. The van der Waals surface area contributed by atoms with Crippen LogP contribution in [0, 0.1) is 5.92 Å². The Morgan fingerprint density at radius 3 is 2.19 bits per heavy atom. The fourth-order valence-corrected chi connectivity index (χ4v) is 3.67. The van der Waals surface area contributed by atoms with Gasteiger partial charge in [-0.3, -0.25) is 9.58 Å². The van der Waals surface area contributed by atoms with Crippen LogP contribution in [0.25, 0.3) is 0 Å². The van der Waals surface area contributed by atoms with Crippen molar-refractivity contribution in [2.75, 3.05) is 6.54 Å². The Morgan fingerprint density at radius 2 is 1.76 bits per heavy atom. The fraction of sp³-hybridized carbons (Fsp3) is 0.824. The Kier molecular flexibility index (Phi) is 7.96. The summed E-state index contributed by atoms with van der Waals surface area (Å²) in [6, 6.07) is 0.657. The minimum atomic E-state index is 0.657. The molecule has 0 radical (unpaired) electrons. The van der Waals surface area contributed by atoms with E-state index in [0.717, 1.165) is 26.1 Å². The zero-order valence-corrected chi connectivity index (χ0v) is 16.2. The van der Waals surface area contributed by atoms with Crippen LogP contribution in [0.15, 0.2) is 4.47 Å². The van der Waals surface area contributed by atoms with E-state index in [0.29, 0.717) is 12.0 Å². The molecule has 0 saturated carbocycles. The van der Waals surface area contributed by atoms with Crippen LogP contribution >= 0.6 is 15.9 Å². The van der Waals surface area contributed by atoms with Crippen molar-refractivity contribution >= 4 is 15.9 Å². The largest absolute Gasteiger partial charge is 0.294 e.